The molecule has 0 radical (unpaired) electrons. The van der Waals surface area contributed by atoms with Crippen LogP contribution in [0.15, 0.2) is 77.2 Å². The minimum absolute atomic E-state index is 0.0246. The molecule has 0 bridgehead atoms. The van der Waals surface area contributed by atoms with Gasteiger partial charge in [-0.25, -0.2) is 9.66 Å². The zero-order chi connectivity index (χ0) is 21.8. The zero-order valence-electron chi connectivity index (χ0n) is 16.7. The highest BCUT2D eigenvalue weighted by molar-refractivity contribution is 7.17. The number of thiophene rings is 1. The molecule has 0 aliphatic heterocycles. The van der Waals surface area contributed by atoms with E-state index < -0.39 is 11.9 Å². The highest BCUT2D eigenvalue weighted by Gasteiger charge is 2.19. The minimum atomic E-state index is -0.507. The van der Waals surface area contributed by atoms with Crippen LogP contribution in [0.3, 0.4) is 0 Å². The van der Waals surface area contributed by atoms with Crippen LogP contribution in [-0.4, -0.2) is 21.5 Å². The Morgan fingerprint density at radius 1 is 1.06 bits per heavy atom. The molecule has 31 heavy (non-hydrogen) atoms. The van der Waals surface area contributed by atoms with Crippen LogP contribution >= 0.6 is 11.3 Å². The number of nitrogens with one attached hydrogen (secondary N) is 2. The van der Waals surface area contributed by atoms with Crippen LogP contribution in [0.4, 0.5) is 0 Å². The Labute approximate surface area is 182 Å². The summed E-state index contributed by atoms with van der Waals surface area (Å²) in [6.07, 6.45) is 1.28. The summed E-state index contributed by atoms with van der Waals surface area (Å²) in [7, 11) is 0. The third kappa shape index (κ3) is 4.54. The number of fused-ring (bicyclic) bond motifs is 1. The molecule has 2 amide bonds. The Hall–Kier alpha value is -3.78. The highest BCUT2D eigenvalue weighted by Crippen LogP contribution is 2.30. The second kappa shape index (κ2) is 8.93. The van der Waals surface area contributed by atoms with E-state index in [0.29, 0.717) is 10.2 Å². The molecule has 2 N–H and O–H groups in total. The summed E-state index contributed by atoms with van der Waals surface area (Å²) in [5.41, 5.74) is 4.74. The second-order valence-corrected chi connectivity index (χ2v) is 7.88. The predicted molar refractivity (Wildman–Crippen MR) is 121 cm³/mol. The van der Waals surface area contributed by atoms with Crippen LogP contribution in [-0.2, 0) is 9.59 Å². The van der Waals surface area contributed by atoms with Crippen LogP contribution in [0.2, 0.25) is 0 Å². The Balaban J connectivity index is 1.61. The standard InChI is InChI=1S/C23H20N4O3S/c1-15(28)25-19(17-10-6-3-7-11-17)12-20(29)26-27-14-24-22-21(23(27)30)18(13-31-22)16-8-4-2-5-9-16/h2-11,13-14,19H,12H2,1H3,(H,25,28)(H,26,29). The molecule has 1 atom stereocenters. The first-order valence-corrected chi connectivity index (χ1v) is 10.6. The molecule has 1 unspecified atom stereocenters. The SMILES string of the molecule is CC(=O)NC(CC(=O)Nn1cnc2scc(-c3ccccc3)c2c1=O)c1ccccc1. The lowest BCUT2D eigenvalue weighted by atomic mass is 10.0. The summed E-state index contributed by atoms with van der Waals surface area (Å²) in [6.45, 7) is 1.40. The topological polar surface area (TPSA) is 93.1 Å². The second-order valence-electron chi connectivity index (χ2n) is 7.02. The van der Waals surface area contributed by atoms with Gasteiger partial charge in [-0.05, 0) is 11.1 Å². The van der Waals surface area contributed by atoms with Crippen molar-refractivity contribution in [2.24, 2.45) is 0 Å². The van der Waals surface area contributed by atoms with E-state index in [2.05, 4.69) is 15.7 Å². The molecule has 7 nitrogen and oxygen atoms in total. The van der Waals surface area contributed by atoms with Gasteiger partial charge in [0.25, 0.3) is 5.56 Å². The Kier molecular flexibility index (Phi) is 5.90. The van der Waals surface area contributed by atoms with Crippen LogP contribution < -0.4 is 16.3 Å². The minimum Gasteiger partial charge on any atom is -0.349 e. The van der Waals surface area contributed by atoms with E-state index in [1.165, 1.54) is 24.6 Å². The van der Waals surface area contributed by atoms with E-state index in [9.17, 15) is 14.4 Å². The van der Waals surface area contributed by atoms with Gasteiger partial charge in [-0.2, -0.15) is 0 Å². The summed E-state index contributed by atoms with van der Waals surface area (Å²) < 4.78 is 1.10. The number of amides is 2. The Morgan fingerprint density at radius 3 is 2.42 bits per heavy atom. The van der Waals surface area contributed by atoms with Gasteiger partial charge in [-0.15, -0.1) is 11.3 Å². The van der Waals surface area contributed by atoms with Gasteiger partial charge in [-0.3, -0.25) is 19.8 Å². The van der Waals surface area contributed by atoms with Crippen molar-refractivity contribution in [1.82, 2.24) is 15.0 Å². The molecule has 8 heteroatoms. The molecule has 4 aromatic rings. The number of carbonyl (C=O) groups is 2. The van der Waals surface area contributed by atoms with E-state index in [0.717, 1.165) is 21.4 Å². The van der Waals surface area contributed by atoms with Crippen LogP contribution in [0.25, 0.3) is 21.3 Å². The molecule has 0 aliphatic carbocycles. The third-order valence-electron chi connectivity index (χ3n) is 4.79. The monoisotopic (exact) mass is 432 g/mol. The number of aromatic nitrogens is 2. The predicted octanol–water partition coefficient (Wildman–Crippen LogP) is 3.46. The first kappa shape index (κ1) is 20.5. The smallest absolute Gasteiger partial charge is 0.281 e. The number of benzene rings is 2. The van der Waals surface area contributed by atoms with Gasteiger partial charge in [-0.1, -0.05) is 60.7 Å². The normalized spacial score (nSPS) is 11.8. The fourth-order valence-corrected chi connectivity index (χ4v) is 4.30. The number of rotatable bonds is 6. The van der Waals surface area contributed by atoms with Crippen molar-refractivity contribution in [2.45, 2.75) is 19.4 Å². The Bertz CT molecular complexity index is 1280. The van der Waals surface area contributed by atoms with Crippen LogP contribution in [0.5, 0.6) is 0 Å². The van der Waals surface area contributed by atoms with E-state index in [1.54, 1.807) is 0 Å². The zero-order valence-corrected chi connectivity index (χ0v) is 17.6. The first-order valence-electron chi connectivity index (χ1n) is 9.69. The number of carbonyl (C=O) groups excluding carboxylic acids is 2. The van der Waals surface area contributed by atoms with E-state index in [1.807, 2.05) is 66.0 Å². The molecule has 0 fully saturated rings. The van der Waals surface area contributed by atoms with E-state index in [-0.39, 0.29) is 17.9 Å². The summed E-state index contributed by atoms with van der Waals surface area (Å²) in [4.78, 5) is 42.3. The lowest BCUT2D eigenvalue weighted by Gasteiger charge is -2.18. The lowest BCUT2D eigenvalue weighted by molar-refractivity contribution is -0.120. The van der Waals surface area contributed by atoms with E-state index in [4.69, 9.17) is 0 Å². The van der Waals surface area contributed by atoms with Crippen LogP contribution in [0.1, 0.15) is 24.9 Å². The molecule has 0 spiro atoms. The van der Waals surface area contributed by atoms with Crippen molar-refractivity contribution < 1.29 is 9.59 Å². The van der Waals surface area contributed by atoms with Crippen molar-refractivity contribution in [3.05, 3.63) is 88.3 Å². The number of hydrogen-bond acceptors (Lipinski definition) is 5. The molecule has 2 aromatic carbocycles. The van der Waals surface area contributed by atoms with Gasteiger partial charge in [0.05, 0.1) is 17.8 Å². The van der Waals surface area contributed by atoms with E-state index >= 15 is 0 Å². The van der Waals surface area contributed by atoms with Gasteiger partial charge in [0, 0.05) is 17.9 Å². The van der Waals surface area contributed by atoms with Gasteiger partial charge >= 0.3 is 0 Å². The maximum absolute atomic E-state index is 13.1. The molecule has 0 saturated heterocycles. The molecule has 156 valence electrons. The summed E-state index contributed by atoms with van der Waals surface area (Å²) in [5, 5.41) is 5.13. The summed E-state index contributed by atoms with van der Waals surface area (Å²) >= 11 is 1.38. The average molecular weight is 433 g/mol. The van der Waals surface area contributed by atoms with Crippen molar-refractivity contribution in [3.63, 3.8) is 0 Å². The molecule has 0 aliphatic rings. The average Bonchev–Trinajstić information content (AvgIpc) is 3.21. The van der Waals surface area contributed by atoms with Crippen molar-refractivity contribution in [1.29, 1.82) is 0 Å². The van der Waals surface area contributed by atoms with Crippen molar-refractivity contribution >= 4 is 33.4 Å². The van der Waals surface area contributed by atoms with Crippen molar-refractivity contribution in [2.75, 3.05) is 5.43 Å². The Morgan fingerprint density at radius 2 is 1.74 bits per heavy atom. The largest absolute Gasteiger partial charge is 0.349 e. The van der Waals surface area contributed by atoms with Gasteiger partial charge in [0.1, 0.15) is 11.2 Å². The molecule has 0 saturated carbocycles. The quantitative estimate of drug-likeness (QED) is 0.488. The number of nitrogens with zero attached hydrogens (tertiary/aromatic N) is 2. The molecule has 2 heterocycles. The summed E-state index contributed by atoms with van der Waals surface area (Å²) in [5.74, 6) is -0.657. The number of hydrogen-bond donors (Lipinski definition) is 2. The summed E-state index contributed by atoms with van der Waals surface area (Å²) in [6, 6.07) is 18.3. The van der Waals surface area contributed by atoms with Gasteiger partial charge < -0.3 is 5.32 Å². The highest BCUT2D eigenvalue weighted by atomic mass is 32.1. The fourth-order valence-electron chi connectivity index (χ4n) is 3.39. The van der Waals surface area contributed by atoms with Gasteiger partial charge in [0.15, 0.2) is 0 Å². The molecule has 4 rings (SSSR count). The maximum Gasteiger partial charge on any atom is 0.281 e. The maximum atomic E-state index is 13.1. The lowest BCUT2D eigenvalue weighted by Crippen LogP contribution is -2.36. The molecule has 2 aromatic heterocycles. The van der Waals surface area contributed by atoms with Crippen molar-refractivity contribution in [3.8, 4) is 11.1 Å². The molecular weight excluding hydrogens is 412 g/mol. The fraction of sp³-hybridized carbons (Fsp3) is 0.130. The first-order chi connectivity index (χ1) is 15.0. The molecular formula is C23H20N4O3S. The van der Waals surface area contributed by atoms with Gasteiger partial charge in [0.2, 0.25) is 11.8 Å². The third-order valence-corrected chi connectivity index (χ3v) is 5.68. The van der Waals surface area contributed by atoms with Crippen LogP contribution in [0, 0.1) is 0 Å².